The number of nitrogens with zero attached hydrogens (tertiary/aromatic N) is 3. The van der Waals surface area contributed by atoms with Gasteiger partial charge in [-0.05, 0) is 38.3 Å². The van der Waals surface area contributed by atoms with Gasteiger partial charge in [-0.1, -0.05) is 5.16 Å². The Morgan fingerprint density at radius 1 is 1.55 bits per heavy atom. The smallest absolute Gasteiger partial charge is 0.174 e. The Morgan fingerprint density at radius 3 is 2.85 bits per heavy atom. The predicted molar refractivity (Wildman–Crippen MR) is 78.3 cm³/mol. The van der Waals surface area contributed by atoms with Crippen molar-refractivity contribution in [3.05, 3.63) is 23.4 Å². The number of pyridine rings is 1. The van der Waals surface area contributed by atoms with Gasteiger partial charge in [0.05, 0.1) is 11.7 Å². The van der Waals surface area contributed by atoms with E-state index in [9.17, 15) is 0 Å². The van der Waals surface area contributed by atoms with Gasteiger partial charge in [0.25, 0.3) is 0 Å². The van der Waals surface area contributed by atoms with Crippen LogP contribution in [0.3, 0.4) is 0 Å². The number of nitrogens with two attached hydrogens (primary N) is 1. The Kier molecular flexibility index (Phi) is 4.79. The van der Waals surface area contributed by atoms with E-state index in [1.54, 1.807) is 6.20 Å². The van der Waals surface area contributed by atoms with Crippen molar-refractivity contribution in [2.45, 2.75) is 32.8 Å². The van der Waals surface area contributed by atoms with Gasteiger partial charge in [0.1, 0.15) is 5.82 Å². The minimum Gasteiger partial charge on any atom is -0.409 e. The number of aryl methyl sites for hydroxylation is 1. The summed E-state index contributed by atoms with van der Waals surface area (Å²) in [5.41, 5.74) is 7.45. The third-order valence-electron chi connectivity index (χ3n) is 3.65. The molecule has 110 valence electrons. The average molecular weight is 278 g/mol. The van der Waals surface area contributed by atoms with Crippen molar-refractivity contribution in [3.63, 3.8) is 0 Å². The molecule has 0 bridgehead atoms. The second-order valence-corrected chi connectivity index (χ2v) is 4.95. The Bertz CT molecular complexity index is 482. The lowest BCUT2D eigenvalue weighted by atomic mass is 10.0. The largest absolute Gasteiger partial charge is 0.409 e. The summed E-state index contributed by atoms with van der Waals surface area (Å²) in [5, 5.41) is 12.1. The Morgan fingerprint density at radius 2 is 2.25 bits per heavy atom. The van der Waals surface area contributed by atoms with Crippen LogP contribution in [0.5, 0.6) is 0 Å². The van der Waals surface area contributed by atoms with E-state index in [-0.39, 0.29) is 5.84 Å². The second kappa shape index (κ2) is 6.56. The number of hydrogen-bond donors (Lipinski definition) is 2. The number of ether oxygens (including phenoxy) is 1. The number of rotatable bonds is 4. The molecule has 0 amide bonds. The standard InChI is InChI=1S/C14H22N4O2/c1-3-20-11-5-8-18(9-6-11)14-12(13(15)17-19)10(2)4-7-16-14/h4,7,11,19H,3,5-6,8-9H2,1-2H3,(H2,15,17). The number of aromatic nitrogens is 1. The van der Waals surface area contributed by atoms with E-state index in [1.165, 1.54) is 0 Å². The molecule has 0 saturated carbocycles. The lowest BCUT2D eigenvalue weighted by Gasteiger charge is -2.33. The van der Waals surface area contributed by atoms with Crippen LogP contribution in [0.2, 0.25) is 0 Å². The first-order valence-electron chi connectivity index (χ1n) is 6.97. The predicted octanol–water partition coefficient (Wildman–Crippen LogP) is 1.49. The summed E-state index contributed by atoms with van der Waals surface area (Å²) >= 11 is 0. The Labute approximate surface area is 119 Å². The molecule has 1 aliphatic heterocycles. The molecule has 3 N–H and O–H groups in total. The number of amidine groups is 1. The fourth-order valence-electron chi connectivity index (χ4n) is 2.62. The first kappa shape index (κ1) is 14.6. The maximum absolute atomic E-state index is 8.94. The monoisotopic (exact) mass is 278 g/mol. The molecule has 0 atom stereocenters. The van der Waals surface area contributed by atoms with Crippen LogP contribution in [0.15, 0.2) is 17.4 Å². The summed E-state index contributed by atoms with van der Waals surface area (Å²) in [5.74, 6) is 0.896. The SMILES string of the molecule is CCOC1CCN(c2nccc(C)c2/C(N)=N/O)CC1. The van der Waals surface area contributed by atoms with Crippen LogP contribution < -0.4 is 10.6 Å². The molecule has 0 unspecified atom stereocenters. The molecule has 1 saturated heterocycles. The van der Waals surface area contributed by atoms with E-state index in [0.29, 0.717) is 11.7 Å². The zero-order valence-corrected chi connectivity index (χ0v) is 12.0. The van der Waals surface area contributed by atoms with E-state index >= 15 is 0 Å². The van der Waals surface area contributed by atoms with E-state index < -0.39 is 0 Å². The van der Waals surface area contributed by atoms with Crippen molar-refractivity contribution in [2.75, 3.05) is 24.6 Å². The minimum absolute atomic E-state index is 0.109. The van der Waals surface area contributed by atoms with Crippen molar-refractivity contribution in [1.29, 1.82) is 0 Å². The normalized spacial score (nSPS) is 17.5. The number of oxime groups is 1. The van der Waals surface area contributed by atoms with Crippen molar-refractivity contribution >= 4 is 11.7 Å². The highest BCUT2D eigenvalue weighted by Crippen LogP contribution is 2.25. The quantitative estimate of drug-likeness (QED) is 0.377. The highest BCUT2D eigenvalue weighted by Gasteiger charge is 2.23. The first-order chi connectivity index (χ1) is 9.67. The third-order valence-corrected chi connectivity index (χ3v) is 3.65. The van der Waals surface area contributed by atoms with Crippen molar-refractivity contribution in [2.24, 2.45) is 10.9 Å². The molecule has 6 heteroatoms. The molecular formula is C14H22N4O2. The Balaban J connectivity index is 2.20. The highest BCUT2D eigenvalue weighted by atomic mass is 16.5. The molecule has 1 aromatic heterocycles. The average Bonchev–Trinajstić information content (AvgIpc) is 2.47. The second-order valence-electron chi connectivity index (χ2n) is 4.95. The molecule has 0 aromatic carbocycles. The van der Waals surface area contributed by atoms with Crippen LogP contribution >= 0.6 is 0 Å². The molecule has 20 heavy (non-hydrogen) atoms. The minimum atomic E-state index is 0.109. The number of anilines is 1. The summed E-state index contributed by atoms with van der Waals surface area (Å²) in [7, 11) is 0. The summed E-state index contributed by atoms with van der Waals surface area (Å²) in [4.78, 5) is 6.59. The first-order valence-corrected chi connectivity index (χ1v) is 6.97. The van der Waals surface area contributed by atoms with Crippen LogP contribution in [0.1, 0.15) is 30.9 Å². The van der Waals surface area contributed by atoms with Gasteiger partial charge in [-0.25, -0.2) is 4.98 Å². The van der Waals surface area contributed by atoms with Crippen LogP contribution in [-0.4, -0.2) is 41.8 Å². The maximum Gasteiger partial charge on any atom is 0.174 e. The summed E-state index contributed by atoms with van der Waals surface area (Å²) < 4.78 is 5.65. The van der Waals surface area contributed by atoms with Gasteiger partial charge >= 0.3 is 0 Å². The summed E-state index contributed by atoms with van der Waals surface area (Å²) in [6, 6.07) is 1.86. The van der Waals surface area contributed by atoms with Gasteiger partial charge < -0.3 is 20.6 Å². The highest BCUT2D eigenvalue weighted by molar-refractivity contribution is 6.02. The van der Waals surface area contributed by atoms with Crippen LogP contribution in [0.4, 0.5) is 5.82 Å². The maximum atomic E-state index is 8.94. The van der Waals surface area contributed by atoms with Gasteiger partial charge in [0.15, 0.2) is 5.84 Å². The molecule has 6 nitrogen and oxygen atoms in total. The topological polar surface area (TPSA) is 84.0 Å². The molecule has 2 rings (SSSR count). The molecule has 1 aromatic rings. The van der Waals surface area contributed by atoms with E-state index in [4.69, 9.17) is 15.7 Å². The molecule has 0 aliphatic carbocycles. The van der Waals surface area contributed by atoms with E-state index in [0.717, 1.165) is 43.9 Å². The van der Waals surface area contributed by atoms with Gasteiger partial charge in [-0.15, -0.1) is 0 Å². The van der Waals surface area contributed by atoms with E-state index in [1.807, 2.05) is 19.9 Å². The molecule has 0 spiro atoms. The molecule has 1 aliphatic rings. The fourth-order valence-corrected chi connectivity index (χ4v) is 2.62. The van der Waals surface area contributed by atoms with Crippen molar-refractivity contribution in [3.8, 4) is 0 Å². The lowest BCUT2D eigenvalue weighted by Crippen LogP contribution is -2.39. The van der Waals surface area contributed by atoms with Gasteiger partial charge in [0, 0.05) is 25.9 Å². The third kappa shape index (κ3) is 3.01. The van der Waals surface area contributed by atoms with Crippen LogP contribution in [0, 0.1) is 6.92 Å². The summed E-state index contributed by atoms with van der Waals surface area (Å²) in [6.45, 7) is 6.44. The lowest BCUT2D eigenvalue weighted by molar-refractivity contribution is 0.0458. The van der Waals surface area contributed by atoms with Gasteiger partial charge in [0.2, 0.25) is 0 Å². The number of piperidine rings is 1. The Hall–Kier alpha value is -1.82. The molecule has 2 heterocycles. The van der Waals surface area contributed by atoms with Crippen LogP contribution in [-0.2, 0) is 4.74 Å². The van der Waals surface area contributed by atoms with Gasteiger partial charge in [-0.3, -0.25) is 0 Å². The van der Waals surface area contributed by atoms with Gasteiger partial charge in [-0.2, -0.15) is 0 Å². The van der Waals surface area contributed by atoms with Crippen LogP contribution in [0.25, 0.3) is 0 Å². The molecule has 1 fully saturated rings. The van der Waals surface area contributed by atoms with E-state index in [2.05, 4.69) is 15.0 Å². The molecule has 0 radical (unpaired) electrons. The zero-order valence-electron chi connectivity index (χ0n) is 12.0. The fraction of sp³-hybridized carbons (Fsp3) is 0.571. The van der Waals surface area contributed by atoms with Crippen molar-refractivity contribution in [1.82, 2.24) is 4.98 Å². The number of hydrogen-bond acceptors (Lipinski definition) is 5. The zero-order chi connectivity index (χ0) is 14.5. The van der Waals surface area contributed by atoms with Crippen molar-refractivity contribution < 1.29 is 9.94 Å². The summed E-state index contributed by atoms with van der Waals surface area (Å²) in [6.07, 6.45) is 4.03. The molecular weight excluding hydrogens is 256 g/mol.